The van der Waals surface area contributed by atoms with Gasteiger partial charge in [-0.2, -0.15) is 0 Å². The monoisotopic (exact) mass is 222 g/mol. The van der Waals surface area contributed by atoms with Crippen molar-refractivity contribution < 1.29 is 9.47 Å². The zero-order valence-electron chi connectivity index (χ0n) is 10.5. The fraction of sp³-hybridized carbons (Fsp3) is 0.571. The Bertz CT molecular complexity index is 277. The van der Waals surface area contributed by atoms with Crippen molar-refractivity contribution in [2.45, 2.75) is 39.7 Å². The van der Waals surface area contributed by atoms with E-state index in [2.05, 4.69) is 19.1 Å². The highest BCUT2D eigenvalue weighted by atomic mass is 16.5. The molecule has 0 saturated heterocycles. The first-order chi connectivity index (χ1) is 7.72. The van der Waals surface area contributed by atoms with Crippen LogP contribution in [0.4, 0.5) is 0 Å². The molecule has 0 aliphatic heterocycles. The summed E-state index contributed by atoms with van der Waals surface area (Å²) >= 11 is 0. The van der Waals surface area contributed by atoms with Gasteiger partial charge in [0.1, 0.15) is 5.75 Å². The molecule has 0 unspecified atom stereocenters. The molecule has 0 heterocycles. The van der Waals surface area contributed by atoms with Crippen molar-refractivity contribution in [1.29, 1.82) is 0 Å². The zero-order valence-corrected chi connectivity index (χ0v) is 10.5. The maximum absolute atomic E-state index is 5.61. The van der Waals surface area contributed by atoms with Crippen LogP contribution in [0.25, 0.3) is 0 Å². The van der Waals surface area contributed by atoms with E-state index in [1.54, 1.807) is 0 Å². The predicted octanol–water partition coefficient (Wildman–Crippen LogP) is 3.44. The minimum absolute atomic E-state index is 0.309. The molecule has 0 aliphatic rings. The highest BCUT2D eigenvalue weighted by Crippen LogP contribution is 2.12. The van der Waals surface area contributed by atoms with Gasteiger partial charge in [0, 0.05) is 6.42 Å². The average molecular weight is 222 g/mol. The molecule has 0 N–H and O–H groups in total. The summed E-state index contributed by atoms with van der Waals surface area (Å²) in [6.07, 6.45) is 2.32. The fourth-order valence-corrected chi connectivity index (χ4v) is 1.39. The SMILES string of the molecule is CCc1ccc(OCCCOC(C)C)cc1. The Morgan fingerprint density at radius 3 is 2.31 bits per heavy atom. The van der Waals surface area contributed by atoms with E-state index in [4.69, 9.17) is 9.47 Å². The maximum atomic E-state index is 5.61. The van der Waals surface area contributed by atoms with Crippen molar-refractivity contribution >= 4 is 0 Å². The Morgan fingerprint density at radius 2 is 1.75 bits per heavy atom. The Kier molecular flexibility index (Phi) is 5.94. The quantitative estimate of drug-likeness (QED) is 0.658. The van der Waals surface area contributed by atoms with E-state index in [0.29, 0.717) is 6.10 Å². The third-order valence-corrected chi connectivity index (χ3v) is 2.34. The van der Waals surface area contributed by atoms with Crippen LogP contribution in [-0.4, -0.2) is 19.3 Å². The van der Waals surface area contributed by atoms with E-state index < -0.39 is 0 Å². The van der Waals surface area contributed by atoms with Crippen LogP contribution in [0.15, 0.2) is 24.3 Å². The fourth-order valence-electron chi connectivity index (χ4n) is 1.39. The molecule has 16 heavy (non-hydrogen) atoms. The van der Waals surface area contributed by atoms with E-state index in [-0.39, 0.29) is 0 Å². The Hall–Kier alpha value is -1.02. The summed E-state index contributed by atoms with van der Waals surface area (Å²) in [4.78, 5) is 0. The Balaban J connectivity index is 2.16. The number of rotatable bonds is 7. The van der Waals surface area contributed by atoms with Gasteiger partial charge in [0.2, 0.25) is 0 Å². The molecule has 90 valence electrons. The van der Waals surface area contributed by atoms with E-state index in [0.717, 1.165) is 31.8 Å². The highest BCUT2D eigenvalue weighted by Gasteiger charge is 1.96. The van der Waals surface area contributed by atoms with E-state index in [9.17, 15) is 0 Å². The van der Waals surface area contributed by atoms with Crippen LogP contribution in [0, 0.1) is 0 Å². The van der Waals surface area contributed by atoms with Crippen molar-refractivity contribution in [2.24, 2.45) is 0 Å². The van der Waals surface area contributed by atoms with Gasteiger partial charge in [-0.15, -0.1) is 0 Å². The van der Waals surface area contributed by atoms with Crippen LogP contribution in [0.1, 0.15) is 32.8 Å². The smallest absolute Gasteiger partial charge is 0.119 e. The lowest BCUT2D eigenvalue weighted by Crippen LogP contribution is -2.07. The van der Waals surface area contributed by atoms with Gasteiger partial charge in [-0.05, 0) is 38.0 Å². The molecule has 0 spiro atoms. The molecule has 0 atom stereocenters. The standard InChI is InChI=1S/C14H22O2/c1-4-13-6-8-14(9-7-13)16-11-5-10-15-12(2)3/h6-9,12H,4-5,10-11H2,1-3H3. The molecule has 0 radical (unpaired) electrons. The highest BCUT2D eigenvalue weighted by molar-refractivity contribution is 5.27. The van der Waals surface area contributed by atoms with Crippen LogP contribution >= 0.6 is 0 Å². The van der Waals surface area contributed by atoms with Gasteiger partial charge in [0.15, 0.2) is 0 Å². The molecular weight excluding hydrogens is 200 g/mol. The summed E-state index contributed by atoms with van der Waals surface area (Å²) in [6, 6.07) is 8.28. The molecule has 0 aliphatic carbocycles. The molecular formula is C14H22O2. The Morgan fingerprint density at radius 1 is 1.06 bits per heavy atom. The summed E-state index contributed by atoms with van der Waals surface area (Å²) in [7, 11) is 0. The first-order valence-corrected chi connectivity index (χ1v) is 6.05. The molecule has 0 fully saturated rings. The summed E-state index contributed by atoms with van der Waals surface area (Å²) in [6.45, 7) is 7.73. The molecule has 2 nitrogen and oxygen atoms in total. The minimum Gasteiger partial charge on any atom is -0.494 e. The molecule has 0 saturated carbocycles. The van der Waals surface area contributed by atoms with Gasteiger partial charge in [0.25, 0.3) is 0 Å². The van der Waals surface area contributed by atoms with Gasteiger partial charge in [-0.25, -0.2) is 0 Å². The second-order valence-electron chi connectivity index (χ2n) is 4.12. The van der Waals surface area contributed by atoms with Gasteiger partial charge in [-0.3, -0.25) is 0 Å². The summed E-state index contributed by atoms with van der Waals surface area (Å²) in [5, 5.41) is 0. The first-order valence-electron chi connectivity index (χ1n) is 6.05. The van der Waals surface area contributed by atoms with Crippen LogP contribution in [0.5, 0.6) is 5.75 Å². The minimum atomic E-state index is 0.309. The number of ether oxygens (including phenoxy) is 2. The summed E-state index contributed by atoms with van der Waals surface area (Å²) < 4.78 is 11.0. The second kappa shape index (κ2) is 7.29. The van der Waals surface area contributed by atoms with Crippen LogP contribution in [0.3, 0.4) is 0 Å². The van der Waals surface area contributed by atoms with Crippen molar-refractivity contribution in [1.82, 2.24) is 0 Å². The predicted molar refractivity (Wildman–Crippen MR) is 67.0 cm³/mol. The van der Waals surface area contributed by atoms with Crippen molar-refractivity contribution in [3.05, 3.63) is 29.8 Å². The largest absolute Gasteiger partial charge is 0.494 e. The van der Waals surface area contributed by atoms with Crippen LogP contribution < -0.4 is 4.74 Å². The van der Waals surface area contributed by atoms with E-state index in [1.807, 2.05) is 26.0 Å². The number of benzene rings is 1. The van der Waals surface area contributed by atoms with Gasteiger partial charge < -0.3 is 9.47 Å². The molecule has 1 aromatic carbocycles. The van der Waals surface area contributed by atoms with Crippen molar-refractivity contribution in [3.63, 3.8) is 0 Å². The van der Waals surface area contributed by atoms with Crippen LogP contribution in [0.2, 0.25) is 0 Å². The number of aryl methyl sites for hydroxylation is 1. The lowest BCUT2D eigenvalue weighted by molar-refractivity contribution is 0.0694. The topological polar surface area (TPSA) is 18.5 Å². The third kappa shape index (κ3) is 5.17. The molecule has 0 amide bonds. The summed E-state index contributed by atoms with van der Waals surface area (Å²) in [5.41, 5.74) is 1.34. The van der Waals surface area contributed by atoms with E-state index in [1.165, 1.54) is 5.56 Å². The van der Waals surface area contributed by atoms with Crippen LogP contribution in [-0.2, 0) is 11.2 Å². The van der Waals surface area contributed by atoms with Crippen molar-refractivity contribution in [3.8, 4) is 5.75 Å². The van der Waals surface area contributed by atoms with Crippen molar-refractivity contribution in [2.75, 3.05) is 13.2 Å². The molecule has 1 aromatic rings. The van der Waals surface area contributed by atoms with Gasteiger partial charge in [-0.1, -0.05) is 19.1 Å². The zero-order chi connectivity index (χ0) is 11.8. The molecule has 0 bridgehead atoms. The number of hydrogen-bond donors (Lipinski definition) is 0. The molecule has 0 aromatic heterocycles. The summed E-state index contributed by atoms with van der Waals surface area (Å²) in [5.74, 6) is 0.946. The average Bonchev–Trinajstić information content (AvgIpc) is 2.29. The maximum Gasteiger partial charge on any atom is 0.119 e. The molecule has 1 rings (SSSR count). The Labute approximate surface area is 98.6 Å². The van der Waals surface area contributed by atoms with Gasteiger partial charge in [0.05, 0.1) is 19.3 Å². The third-order valence-electron chi connectivity index (χ3n) is 2.34. The lowest BCUT2D eigenvalue weighted by atomic mass is 10.2. The second-order valence-corrected chi connectivity index (χ2v) is 4.12. The molecule has 2 heteroatoms. The number of hydrogen-bond acceptors (Lipinski definition) is 2. The first kappa shape index (κ1) is 13.0. The lowest BCUT2D eigenvalue weighted by Gasteiger charge is -2.09. The van der Waals surface area contributed by atoms with Gasteiger partial charge >= 0.3 is 0 Å². The normalized spacial score (nSPS) is 10.8. The van der Waals surface area contributed by atoms with E-state index >= 15 is 0 Å².